The molecule has 4 nitrogen and oxygen atoms in total. The lowest BCUT2D eigenvalue weighted by Gasteiger charge is -2.03. The lowest BCUT2D eigenvalue weighted by atomic mass is 10.1. The molecule has 1 heterocycles. The number of fused-ring (bicyclic) bond motifs is 1. The van der Waals surface area contributed by atoms with Gasteiger partial charge in [0.15, 0.2) is 17.3 Å². The van der Waals surface area contributed by atoms with Crippen LogP contribution in [0.5, 0.6) is 17.2 Å². The molecule has 4 heteroatoms. The fourth-order valence-corrected chi connectivity index (χ4v) is 2.12. The fraction of sp³-hybridized carbons (Fsp3) is 0.0625. The first-order valence-corrected chi connectivity index (χ1v) is 6.12. The Morgan fingerprint density at radius 1 is 1.10 bits per heavy atom. The van der Waals surface area contributed by atoms with Gasteiger partial charge in [-0.3, -0.25) is 4.79 Å². The zero-order valence-electron chi connectivity index (χ0n) is 10.8. The van der Waals surface area contributed by atoms with Gasteiger partial charge in [0, 0.05) is 0 Å². The first-order chi connectivity index (χ1) is 9.58. The highest BCUT2D eigenvalue weighted by Crippen LogP contribution is 2.44. The summed E-state index contributed by atoms with van der Waals surface area (Å²) in [4.78, 5) is 12.2. The van der Waals surface area contributed by atoms with Crippen LogP contribution in [0.25, 0.3) is 6.08 Å². The summed E-state index contributed by atoms with van der Waals surface area (Å²) in [5.74, 6) is -0.888. The molecular formula is C16H12O4. The van der Waals surface area contributed by atoms with Gasteiger partial charge in [0.05, 0.1) is 5.56 Å². The summed E-state index contributed by atoms with van der Waals surface area (Å²) < 4.78 is 5.39. The Hall–Kier alpha value is -2.75. The Bertz CT molecular complexity index is 744. The van der Waals surface area contributed by atoms with Crippen molar-refractivity contribution >= 4 is 11.9 Å². The molecule has 0 aliphatic carbocycles. The number of benzene rings is 2. The normalized spacial score (nSPS) is 15.2. The van der Waals surface area contributed by atoms with E-state index >= 15 is 0 Å². The van der Waals surface area contributed by atoms with Crippen LogP contribution in [-0.4, -0.2) is 16.0 Å². The van der Waals surface area contributed by atoms with E-state index in [0.717, 1.165) is 11.1 Å². The van der Waals surface area contributed by atoms with Crippen LogP contribution in [0.15, 0.2) is 42.2 Å². The third-order valence-corrected chi connectivity index (χ3v) is 3.27. The summed E-state index contributed by atoms with van der Waals surface area (Å²) in [5, 5.41) is 19.1. The molecule has 0 radical (unpaired) electrons. The molecule has 0 aromatic heterocycles. The van der Waals surface area contributed by atoms with E-state index in [2.05, 4.69) is 0 Å². The molecule has 0 saturated heterocycles. The van der Waals surface area contributed by atoms with E-state index in [1.807, 2.05) is 31.2 Å². The van der Waals surface area contributed by atoms with Gasteiger partial charge in [-0.25, -0.2) is 0 Å². The van der Waals surface area contributed by atoms with E-state index in [9.17, 15) is 15.0 Å². The monoisotopic (exact) mass is 268 g/mol. The second kappa shape index (κ2) is 4.42. The molecule has 0 spiro atoms. The van der Waals surface area contributed by atoms with E-state index in [4.69, 9.17) is 4.74 Å². The average Bonchev–Trinajstić information content (AvgIpc) is 2.75. The second-order valence-corrected chi connectivity index (χ2v) is 4.61. The molecule has 0 amide bonds. The van der Waals surface area contributed by atoms with E-state index in [-0.39, 0.29) is 28.6 Å². The van der Waals surface area contributed by atoms with Crippen molar-refractivity contribution in [3.05, 3.63) is 58.8 Å². The summed E-state index contributed by atoms with van der Waals surface area (Å²) in [7, 11) is 0. The Morgan fingerprint density at radius 2 is 1.85 bits per heavy atom. The summed E-state index contributed by atoms with van der Waals surface area (Å²) in [6, 6.07) is 10.3. The Labute approximate surface area is 115 Å². The van der Waals surface area contributed by atoms with Gasteiger partial charge < -0.3 is 14.9 Å². The van der Waals surface area contributed by atoms with Gasteiger partial charge in [-0.05, 0) is 36.3 Å². The number of rotatable bonds is 1. The Morgan fingerprint density at radius 3 is 2.60 bits per heavy atom. The molecule has 2 N–H and O–H groups in total. The van der Waals surface area contributed by atoms with Crippen molar-refractivity contribution in [3.8, 4) is 17.2 Å². The SMILES string of the molecule is Cc1ccccc1/C=C1\Oc2c(ccc(O)c2O)C1=O. The predicted octanol–water partition coefficient (Wildman–Crippen LogP) is 3.02. The van der Waals surface area contributed by atoms with Gasteiger partial charge in [0.1, 0.15) is 0 Å². The summed E-state index contributed by atoms with van der Waals surface area (Å²) in [6.07, 6.45) is 1.63. The maximum Gasteiger partial charge on any atom is 0.232 e. The minimum atomic E-state index is -0.413. The lowest BCUT2D eigenvalue weighted by molar-refractivity contribution is 0.101. The molecule has 2 aromatic rings. The first kappa shape index (κ1) is 12.3. The fourth-order valence-electron chi connectivity index (χ4n) is 2.12. The van der Waals surface area contributed by atoms with Crippen molar-refractivity contribution in [1.29, 1.82) is 0 Å². The first-order valence-electron chi connectivity index (χ1n) is 6.12. The number of carbonyl (C=O) groups is 1. The standard InChI is InChI=1S/C16H12O4/c1-9-4-2-3-5-10(9)8-13-14(18)11-6-7-12(17)15(19)16(11)20-13/h2-8,17,19H,1H3/b13-8-. The van der Waals surface area contributed by atoms with Gasteiger partial charge in [-0.1, -0.05) is 24.3 Å². The zero-order valence-corrected chi connectivity index (χ0v) is 10.8. The number of Topliss-reactive ketones (excluding diaryl/α,β-unsaturated/α-hetero) is 1. The number of hydrogen-bond acceptors (Lipinski definition) is 4. The topological polar surface area (TPSA) is 66.8 Å². The number of aryl methyl sites for hydroxylation is 1. The predicted molar refractivity (Wildman–Crippen MR) is 73.9 cm³/mol. The van der Waals surface area contributed by atoms with Crippen LogP contribution in [-0.2, 0) is 0 Å². The Balaban J connectivity index is 2.07. The van der Waals surface area contributed by atoms with Crippen molar-refractivity contribution in [2.45, 2.75) is 6.92 Å². The molecule has 0 saturated carbocycles. The van der Waals surface area contributed by atoms with Crippen LogP contribution in [0, 0.1) is 6.92 Å². The number of phenols is 2. The van der Waals surface area contributed by atoms with Crippen molar-refractivity contribution in [1.82, 2.24) is 0 Å². The third kappa shape index (κ3) is 1.82. The number of ether oxygens (including phenoxy) is 1. The molecule has 100 valence electrons. The minimum absolute atomic E-state index is 0.00911. The number of hydrogen-bond donors (Lipinski definition) is 2. The van der Waals surface area contributed by atoms with Crippen molar-refractivity contribution < 1.29 is 19.7 Å². The van der Waals surface area contributed by atoms with E-state index < -0.39 is 5.75 Å². The highest BCUT2D eigenvalue weighted by Gasteiger charge is 2.31. The number of ketones is 1. The Kier molecular flexibility index (Phi) is 2.71. The molecular weight excluding hydrogens is 256 g/mol. The molecule has 2 aromatic carbocycles. The van der Waals surface area contributed by atoms with Crippen molar-refractivity contribution in [2.24, 2.45) is 0 Å². The van der Waals surface area contributed by atoms with E-state index in [1.165, 1.54) is 12.1 Å². The van der Waals surface area contributed by atoms with Gasteiger partial charge >= 0.3 is 0 Å². The molecule has 1 aliphatic rings. The maximum atomic E-state index is 12.2. The molecule has 1 aliphatic heterocycles. The van der Waals surface area contributed by atoms with E-state index in [0.29, 0.717) is 0 Å². The average molecular weight is 268 g/mol. The molecule has 0 bridgehead atoms. The van der Waals surface area contributed by atoms with Gasteiger partial charge in [-0.2, -0.15) is 0 Å². The molecule has 0 unspecified atom stereocenters. The lowest BCUT2D eigenvalue weighted by Crippen LogP contribution is -1.98. The highest BCUT2D eigenvalue weighted by molar-refractivity contribution is 6.15. The van der Waals surface area contributed by atoms with Gasteiger partial charge in [-0.15, -0.1) is 0 Å². The summed E-state index contributed by atoms with van der Waals surface area (Å²) in [6.45, 7) is 1.93. The minimum Gasteiger partial charge on any atom is -0.504 e. The van der Waals surface area contributed by atoms with Crippen LogP contribution in [0.4, 0.5) is 0 Å². The summed E-state index contributed by atoms with van der Waals surface area (Å²) >= 11 is 0. The number of aromatic hydroxyl groups is 2. The van der Waals surface area contributed by atoms with E-state index in [1.54, 1.807) is 6.08 Å². The van der Waals surface area contributed by atoms with Crippen molar-refractivity contribution in [3.63, 3.8) is 0 Å². The van der Waals surface area contributed by atoms with Gasteiger partial charge in [0.2, 0.25) is 11.5 Å². The number of carbonyl (C=O) groups excluding carboxylic acids is 1. The number of allylic oxidation sites excluding steroid dienone is 1. The molecule has 20 heavy (non-hydrogen) atoms. The highest BCUT2D eigenvalue weighted by atomic mass is 16.5. The van der Waals surface area contributed by atoms with Crippen LogP contribution in [0.1, 0.15) is 21.5 Å². The summed E-state index contributed by atoms with van der Waals surface area (Å²) in [5.41, 5.74) is 2.13. The molecule has 3 rings (SSSR count). The zero-order chi connectivity index (χ0) is 14.3. The van der Waals surface area contributed by atoms with Crippen LogP contribution in [0.3, 0.4) is 0 Å². The number of phenolic OH excluding ortho intramolecular Hbond substituents is 2. The quantitative estimate of drug-likeness (QED) is 0.616. The second-order valence-electron chi connectivity index (χ2n) is 4.61. The molecule has 0 fully saturated rings. The van der Waals surface area contributed by atoms with Crippen LogP contribution in [0.2, 0.25) is 0 Å². The van der Waals surface area contributed by atoms with Crippen LogP contribution < -0.4 is 4.74 Å². The molecule has 0 atom stereocenters. The van der Waals surface area contributed by atoms with Crippen LogP contribution >= 0.6 is 0 Å². The largest absolute Gasteiger partial charge is 0.504 e. The smallest absolute Gasteiger partial charge is 0.232 e. The van der Waals surface area contributed by atoms with Crippen molar-refractivity contribution in [2.75, 3.05) is 0 Å². The maximum absolute atomic E-state index is 12.2. The van der Waals surface area contributed by atoms with Gasteiger partial charge in [0.25, 0.3) is 0 Å². The third-order valence-electron chi connectivity index (χ3n) is 3.27.